The molecule has 1 aliphatic heterocycles. The van der Waals surface area contributed by atoms with E-state index in [0.717, 1.165) is 11.3 Å². The lowest BCUT2D eigenvalue weighted by atomic mass is 10.0. The zero-order valence-electron chi connectivity index (χ0n) is 13.7. The van der Waals surface area contributed by atoms with Crippen molar-refractivity contribution < 1.29 is 14.0 Å². The van der Waals surface area contributed by atoms with Gasteiger partial charge in [-0.15, -0.1) is 11.3 Å². The van der Waals surface area contributed by atoms with Gasteiger partial charge in [-0.05, 0) is 35.6 Å². The van der Waals surface area contributed by atoms with E-state index in [1.54, 1.807) is 12.1 Å². The minimum atomic E-state index is -0.614. The Morgan fingerprint density at radius 1 is 1.08 bits per heavy atom. The van der Waals surface area contributed by atoms with E-state index in [4.69, 9.17) is 5.73 Å². The average molecular weight is 361 g/mol. The lowest BCUT2D eigenvalue weighted by Crippen LogP contribution is -2.40. The van der Waals surface area contributed by atoms with Crippen molar-refractivity contribution in [3.05, 3.63) is 58.0 Å². The molecule has 1 fully saturated rings. The molecule has 2 N–H and O–H groups in total. The van der Waals surface area contributed by atoms with Crippen LogP contribution < -0.4 is 5.73 Å². The SMILES string of the molecule is NC(=O)C(c1ccc(F)cc1)N1CCCN(C(=O)c2cccs2)CC1. The highest BCUT2D eigenvalue weighted by Gasteiger charge is 2.29. The maximum atomic E-state index is 13.2. The van der Waals surface area contributed by atoms with Crippen LogP contribution in [-0.4, -0.2) is 47.8 Å². The molecule has 1 aliphatic rings. The Hall–Kier alpha value is -2.25. The van der Waals surface area contributed by atoms with Crippen molar-refractivity contribution in [1.29, 1.82) is 0 Å². The van der Waals surface area contributed by atoms with E-state index in [1.165, 1.54) is 23.5 Å². The number of thiophene rings is 1. The molecule has 0 bridgehead atoms. The summed E-state index contributed by atoms with van der Waals surface area (Å²) in [4.78, 5) is 29.0. The summed E-state index contributed by atoms with van der Waals surface area (Å²) in [5.41, 5.74) is 6.28. The first-order valence-electron chi connectivity index (χ1n) is 8.18. The normalized spacial score (nSPS) is 17.1. The van der Waals surface area contributed by atoms with E-state index in [2.05, 4.69) is 0 Å². The van der Waals surface area contributed by atoms with Crippen LogP contribution in [0.3, 0.4) is 0 Å². The molecule has 0 radical (unpaired) electrons. The highest BCUT2D eigenvalue weighted by Crippen LogP contribution is 2.23. The van der Waals surface area contributed by atoms with Gasteiger partial charge in [0, 0.05) is 26.2 Å². The van der Waals surface area contributed by atoms with Gasteiger partial charge in [0.05, 0.1) is 4.88 Å². The quantitative estimate of drug-likeness (QED) is 0.908. The summed E-state index contributed by atoms with van der Waals surface area (Å²) in [5, 5.41) is 1.88. The number of hydrogen-bond donors (Lipinski definition) is 1. The fraction of sp³-hybridized carbons (Fsp3) is 0.333. The maximum Gasteiger partial charge on any atom is 0.263 e. The van der Waals surface area contributed by atoms with E-state index in [9.17, 15) is 14.0 Å². The Morgan fingerprint density at radius 2 is 1.84 bits per heavy atom. The molecule has 3 rings (SSSR count). The van der Waals surface area contributed by atoms with Crippen LogP contribution in [0.25, 0.3) is 0 Å². The second-order valence-electron chi connectivity index (χ2n) is 6.02. The minimum absolute atomic E-state index is 0.0225. The Bertz CT molecular complexity index is 733. The molecule has 25 heavy (non-hydrogen) atoms. The summed E-state index contributed by atoms with van der Waals surface area (Å²) >= 11 is 1.43. The lowest BCUT2D eigenvalue weighted by Gasteiger charge is -2.28. The molecular weight excluding hydrogens is 341 g/mol. The van der Waals surface area contributed by atoms with Gasteiger partial charge in [0.15, 0.2) is 0 Å². The molecule has 0 aliphatic carbocycles. The minimum Gasteiger partial charge on any atom is -0.368 e. The van der Waals surface area contributed by atoms with Gasteiger partial charge in [-0.25, -0.2) is 4.39 Å². The Labute approximate surface area is 149 Å². The van der Waals surface area contributed by atoms with Gasteiger partial charge in [-0.1, -0.05) is 18.2 Å². The lowest BCUT2D eigenvalue weighted by molar-refractivity contribution is -0.123. The van der Waals surface area contributed by atoms with E-state index < -0.39 is 11.9 Å². The Balaban J connectivity index is 1.73. The largest absolute Gasteiger partial charge is 0.368 e. The number of primary amides is 1. The molecule has 1 unspecified atom stereocenters. The number of rotatable bonds is 4. The Kier molecular flexibility index (Phi) is 5.45. The van der Waals surface area contributed by atoms with Gasteiger partial charge in [0.2, 0.25) is 5.91 Å². The molecule has 0 saturated carbocycles. The number of amides is 2. The summed E-state index contributed by atoms with van der Waals surface area (Å²) < 4.78 is 13.2. The fourth-order valence-electron chi connectivity index (χ4n) is 3.15. The molecule has 2 heterocycles. The topological polar surface area (TPSA) is 66.6 Å². The fourth-order valence-corrected chi connectivity index (χ4v) is 3.85. The molecule has 1 saturated heterocycles. The van der Waals surface area contributed by atoms with Gasteiger partial charge in [-0.3, -0.25) is 14.5 Å². The van der Waals surface area contributed by atoms with Crippen molar-refractivity contribution in [2.45, 2.75) is 12.5 Å². The number of carbonyl (C=O) groups is 2. The number of carbonyl (C=O) groups excluding carboxylic acids is 2. The maximum absolute atomic E-state index is 13.2. The monoisotopic (exact) mass is 361 g/mol. The zero-order chi connectivity index (χ0) is 17.8. The van der Waals surface area contributed by atoms with Crippen molar-refractivity contribution in [2.75, 3.05) is 26.2 Å². The molecule has 1 atom stereocenters. The Morgan fingerprint density at radius 3 is 2.48 bits per heavy atom. The van der Waals surface area contributed by atoms with Crippen LogP contribution >= 0.6 is 11.3 Å². The van der Waals surface area contributed by atoms with E-state index >= 15 is 0 Å². The van der Waals surface area contributed by atoms with E-state index in [-0.39, 0.29) is 11.7 Å². The van der Waals surface area contributed by atoms with Gasteiger partial charge in [-0.2, -0.15) is 0 Å². The van der Waals surface area contributed by atoms with Crippen LogP contribution in [0.15, 0.2) is 41.8 Å². The van der Waals surface area contributed by atoms with Crippen molar-refractivity contribution in [3.8, 4) is 0 Å². The summed E-state index contributed by atoms with van der Waals surface area (Å²) in [5.74, 6) is -0.797. The van der Waals surface area contributed by atoms with Crippen molar-refractivity contribution in [1.82, 2.24) is 9.80 Å². The molecule has 5 nitrogen and oxygen atoms in total. The third-order valence-electron chi connectivity index (χ3n) is 4.37. The van der Waals surface area contributed by atoms with Gasteiger partial charge >= 0.3 is 0 Å². The van der Waals surface area contributed by atoms with Crippen LogP contribution in [0.4, 0.5) is 4.39 Å². The summed E-state index contributed by atoms with van der Waals surface area (Å²) in [6, 6.07) is 8.90. The standard InChI is InChI=1S/C18H20FN3O2S/c19-14-6-4-13(5-7-14)16(17(20)23)21-8-2-9-22(11-10-21)18(24)15-3-1-12-25-15/h1,3-7,12,16H,2,8-11H2,(H2,20,23). The van der Waals surface area contributed by atoms with Gasteiger partial charge in [0.25, 0.3) is 5.91 Å². The number of nitrogens with zero attached hydrogens (tertiary/aromatic N) is 2. The molecule has 7 heteroatoms. The molecule has 0 spiro atoms. The first-order valence-corrected chi connectivity index (χ1v) is 9.06. The van der Waals surface area contributed by atoms with Crippen molar-refractivity contribution >= 4 is 23.2 Å². The third kappa shape index (κ3) is 4.05. The van der Waals surface area contributed by atoms with Crippen LogP contribution in [0.2, 0.25) is 0 Å². The smallest absolute Gasteiger partial charge is 0.263 e. The molecule has 2 amide bonds. The summed E-state index contributed by atoms with van der Waals surface area (Å²) in [7, 11) is 0. The first kappa shape index (κ1) is 17.6. The van der Waals surface area contributed by atoms with Crippen molar-refractivity contribution in [2.24, 2.45) is 5.73 Å². The second-order valence-corrected chi connectivity index (χ2v) is 6.96. The van der Waals surface area contributed by atoms with E-state index in [0.29, 0.717) is 31.7 Å². The van der Waals surface area contributed by atoms with Gasteiger partial charge < -0.3 is 10.6 Å². The predicted molar refractivity (Wildman–Crippen MR) is 94.7 cm³/mol. The number of halogens is 1. The second kappa shape index (κ2) is 7.76. The number of benzene rings is 1. The molecule has 2 aromatic rings. The van der Waals surface area contributed by atoms with Crippen LogP contribution in [0.5, 0.6) is 0 Å². The van der Waals surface area contributed by atoms with Crippen LogP contribution in [0, 0.1) is 5.82 Å². The third-order valence-corrected chi connectivity index (χ3v) is 5.23. The molecule has 1 aromatic heterocycles. The highest BCUT2D eigenvalue weighted by atomic mass is 32.1. The van der Waals surface area contributed by atoms with E-state index in [1.807, 2.05) is 27.3 Å². The number of nitrogens with two attached hydrogens (primary N) is 1. The van der Waals surface area contributed by atoms with Gasteiger partial charge in [0.1, 0.15) is 11.9 Å². The first-order chi connectivity index (χ1) is 12.1. The summed E-state index contributed by atoms with van der Waals surface area (Å²) in [6.07, 6.45) is 0.752. The number of hydrogen-bond acceptors (Lipinski definition) is 4. The predicted octanol–water partition coefficient (Wildman–Crippen LogP) is 2.26. The van der Waals surface area contributed by atoms with Crippen molar-refractivity contribution in [3.63, 3.8) is 0 Å². The zero-order valence-corrected chi connectivity index (χ0v) is 14.5. The molecular formula is C18H20FN3O2S. The molecule has 132 valence electrons. The molecule has 1 aromatic carbocycles. The van der Waals surface area contributed by atoms with Crippen LogP contribution in [0.1, 0.15) is 27.7 Å². The van der Waals surface area contributed by atoms with Crippen LogP contribution in [-0.2, 0) is 4.79 Å². The highest BCUT2D eigenvalue weighted by molar-refractivity contribution is 7.12. The average Bonchev–Trinajstić information content (AvgIpc) is 3.02. The summed E-state index contributed by atoms with van der Waals surface area (Å²) in [6.45, 7) is 2.37.